The minimum atomic E-state index is -0.341. The Bertz CT molecular complexity index is 667. The maximum Gasteiger partial charge on any atom is 0.293 e. The highest BCUT2D eigenvalue weighted by molar-refractivity contribution is 9.10. The number of amides is 2. The molecule has 0 aromatic heterocycles. The number of carbonyl (C=O) groups is 2. The van der Waals surface area contributed by atoms with Crippen LogP contribution in [0.4, 0.5) is 4.79 Å². The molecule has 1 saturated heterocycles. The van der Waals surface area contributed by atoms with Crippen molar-refractivity contribution in [3.8, 4) is 11.8 Å². The van der Waals surface area contributed by atoms with Gasteiger partial charge >= 0.3 is 0 Å². The number of phenolic OH excluding ortho intramolecular Hbond substituents is 1. The Morgan fingerprint density at radius 3 is 2.86 bits per heavy atom. The Labute approximate surface area is 134 Å². The number of aromatic hydroxyl groups is 1. The Kier molecular flexibility index (Phi) is 5.04. The molecule has 5 nitrogen and oxygen atoms in total. The Morgan fingerprint density at radius 2 is 2.19 bits per heavy atom. The van der Waals surface area contributed by atoms with E-state index < -0.39 is 0 Å². The molecule has 0 radical (unpaired) electrons. The summed E-state index contributed by atoms with van der Waals surface area (Å²) in [7, 11) is 0. The molecule has 2 amide bonds. The molecule has 1 aliphatic rings. The number of hydrogen-bond donors (Lipinski definition) is 1. The van der Waals surface area contributed by atoms with E-state index in [9.17, 15) is 14.7 Å². The van der Waals surface area contributed by atoms with Crippen molar-refractivity contribution in [2.24, 2.45) is 0 Å². The Hall–Kier alpha value is -1.78. The topological polar surface area (TPSA) is 81.4 Å². The molecule has 0 aliphatic carbocycles. The first kappa shape index (κ1) is 15.6. The number of carbonyl (C=O) groups excluding carboxylic acids is 2. The largest absolute Gasteiger partial charge is 0.507 e. The van der Waals surface area contributed by atoms with E-state index in [1.54, 1.807) is 18.2 Å². The number of unbranched alkanes of at least 4 members (excludes halogenated alkanes) is 1. The smallest absolute Gasteiger partial charge is 0.293 e. The first-order valence-electron chi connectivity index (χ1n) is 6.14. The fourth-order valence-electron chi connectivity index (χ4n) is 1.77. The molecule has 108 valence electrons. The molecular weight excluding hydrogens is 356 g/mol. The van der Waals surface area contributed by atoms with Crippen molar-refractivity contribution < 1.29 is 14.7 Å². The lowest BCUT2D eigenvalue weighted by Crippen LogP contribution is -2.29. The van der Waals surface area contributed by atoms with Crippen molar-refractivity contribution in [2.45, 2.75) is 12.8 Å². The lowest BCUT2D eigenvalue weighted by Gasteiger charge is -2.10. The summed E-state index contributed by atoms with van der Waals surface area (Å²) in [6.45, 7) is 0.259. The molecule has 7 heteroatoms. The average molecular weight is 367 g/mol. The second-order valence-electron chi connectivity index (χ2n) is 4.31. The predicted octanol–water partition coefficient (Wildman–Crippen LogP) is 3.49. The van der Waals surface area contributed by atoms with Gasteiger partial charge < -0.3 is 5.11 Å². The van der Waals surface area contributed by atoms with Crippen LogP contribution in [0.25, 0.3) is 6.08 Å². The van der Waals surface area contributed by atoms with Crippen LogP contribution in [0, 0.1) is 11.3 Å². The van der Waals surface area contributed by atoms with Gasteiger partial charge in [-0.05, 0) is 57.9 Å². The fraction of sp³-hybridized carbons (Fsp3) is 0.214. The molecule has 0 unspecified atom stereocenters. The monoisotopic (exact) mass is 366 g/mol. The molecule has 1 aromatic rings. The Balaban J connectivity index is 2.16. The quantitative estimate of drug-likeness (QED) is 0.651. The summed E-state index contributed by atoms with van der Waals surface area (Å²) in [6, 6.07) is 6.81. The van der Waals surface area contributed by atoms with Gasteiger partial charge in [0.05, 0.1) is 15.4 Å². The molecule has 1 aliphatic heterocycles. The lowest BCUT2D eigenvalue weighted by molar-refractivity contribution is -0.122. The van der Waals surface area contributed by atoms with Crippen LogP contribution < -0.4 is 0 Å². The first-order chi connectivity index (χ1) is 10.0. The molecule has 1 N–H and O–H groups in total. The van der Waals surface area contributed by atoms with Crippen LogP contribution in [0.3, 0.4) is 0 Å². The average Bonchev–Trinajstić information content (AvgIpc) is 2.70. The summed E-state index contributed by atoms with van der Waals surface area (Å²) in [5.74, 6) is -0.233. The van der Waals surface area contributed by atoms with Crippen LogP contribution in [0.5, 0.6) is 5.75 Å². The third kappa shape index (κ3) is 3.65. The van der Waals surface area contributed by atoms with Gasteiger partial charge in [0.15, 0.2) is 0 Å². The summed E-state index contributed by atoms with van der Waals surface area (Å²) in [5.41, 5.74) is 0.710. The number of phenols is 1. The van der Waals surface area contributed by atoms with Gasteiger partial charge in [0.2, 0.25) is 0 Å². The van der Waals surface area contributed by atoms with Crippen LogP contribution in [0.1, 0.15) is 18.4 Å². The molecule has 0 spiro atoms. The van der Waals surface area contributed by atoms with Crippen LogP contribution in [-0.2, 0) is 4.79 Å². The van der Waals surface area contributed by atoms with Crippen molar-refractivity contribution in [3.63, 3.8) is 0 Å². The highest BCUT2D eigenvalue weighted by Crippen LogP contribution is 2.33. The second kappa shape index (κ2) is 6.78. The summed E-state index contributed by atoms with van der Waals surface area (Å²) < 4.78 is 0.518. The fourth-order valence-corrected chi connectivity index (χ4v) is 3.03. The van der Waals surface area contributed by atoms with Gasteiger partial charge in [-0.25, -0.2) is 0 Å². The highest BCUT2D eigenvalue weighted by atomic mass is 79.9. The van der Waals surface area contributed by atoms with E-state index in [-0.39, 0.29) is 23.4 Å². The summed E-state index contributed by atoms with van der Waals surface area (Å²) in [5, 5.41) is 17.6. The number of halogens is 1. The van der Waals surface area contributed by atoms with E-state index in [0.29, 0.717) is 27.8 Å². The molecule has 0 atom stereocenters. The maximum atomic E-state index is 12.1. The van der Waals surface area contributed by atoms with Crippen molar-refractivity contribution in [1.29, 1.82) is 5.26 Å². The van der Waals surface area contributed by atoms with E-state index in [0.717, 1.165) is 16.7 Å². The molecule has 21 heavy (non-hydrogen) atoms. The molecule has 0 saturated carbocycles. The van der Waals surface area contributed by atoms with Gasteiger partial charge in [-0.2, -0.15) is 5.26 Å². The van der Waals surface area contributed by atoms with Crippen LogP contribution in [0.15, 0.2) is 27.6 Å². The zero-order chi connectivity index (χ0) is 15.4. The van der Waals surface area contributed by atoms with Crippen LogP contribution in [-0.4, -0.2) is 27.7 Å². The number of thioether (sulfide) groups is 1. The minimum absolute atomic E-state index is 0.108. The molecule has 1 aromatic carbocycles. The summed E-state index contributed by atoms with van der Waals surface area (Å²) >= 11 is 4.08. The predicted molar refractivity (Wildman–Crippen MR) is 83.3 cm³/mol. The van der Waals surface area contributed by atoms with Crippen molar-refractivity contribution in [1.82, 2.24) is 4.90 Å². The van der Waals surface area contributed by atoms with Gasteiger partial charge in [0.25, 0.3) is 11.1 Å². The zero-order valence-corrected chi connectivity index (χ0v) is 13.3. The normalized spacial score (nSPS) is 16.6. The van der Waals surface area contributed by atoms with E-state index in [4.69, 9.17) is 5.26 Å². The van der Waals surface area contributed by atoms with E-state index in [1.807, 2.05) is 6.07 Å². The third-order valence-electron chi connectivity index (χ3n) is 2.81. The minimum Gasteiger partial charge on any atom is -0.507 e. The third-order valence-corrected chi connectivity index (χ3v) is 4.36. The van der Waals surface area contributed by atoms with Crippen molar-refractivity contribution in [2.75, 3.05) is 6.54 Å². The first-order valence-corrected chi connectivity index (χ1v) is 7.74. The van der Waals surface area contributed by atoms with Gasteiger partial charge in [-0.3, -0.25) is 14.5 Å². The maximum absolute atomic E-state index is 12.1. The number of nitrogens with zero attached hydrogens (tertiary/aromatic N) is 2. The van der Waals surface area contributed by atoms with Gasteiger partial charge in [0.1, 0.15) is 5.75 Å². The zero-order valence-electron chi connectivity index (χ0n) is 10.9. The number of hydrogen-bond acceptors (Lipinski definition) is 5. The molecule has 0 bridgehead atoms. The van der Waals surface area contributed by atoms with Crippen LogP contribution in [0.2, 0.25) is 0 Å². The molecular formula is C14H11BrN2O3S. The van der Waals surface area contributed by atoms with E-state index >= 15 is 0 Å². The van der Waals surface area contributed by atoms with Crippen molar-refractivity contribution in [3.05, 3.63) is 33.1 Å². The van der Waals surface area contributed by atoms with Gasteiger partial charge in [0, 0.05) is 13.0 Å². The second-order valence-corrected chi connectivity index (χ2v) is 6.15. The highest BCUT2D eigenvalue weighted by Gasteiger charge is 2.34. The Morgan fingerprint density at radius 1 is 1.43 bits per heavy atom. The van der Waals surface area contributed by atoms with E-state index in [2.05, 4.69) is 15.9 Å². The standard InChI is InChI=1S/C14H11BrN2O3S/c15-10-7-9(3-4-11(10)18)8-12-13(19)17(14(20)21-12)6-2-1-5-16/h3-4,7-8,18H,1-2,6H2. The number of nitriles is 1. The summed E-state index contributed by atoms with van der Waals surface area (Å²) in [4.78, 5) is 25.4. The molecule has 2 rings (SSSR count). The van der Waals surface area contributed by atoms with Gasteiger partial charge in [-0.1, -0.05) is 6.07 Å². The number of imide groups is 1. The van der Waals surface area contributed by atoms with Crippen molar-refractivity contribution >= 4 is 44.9 Å². The number of benzene rings is 1. The lowest BCUT2D eigenvalue weighted by atomic mass is 10.2. The number of rotatable bonds is 4. The SMILES string of the molecule is N#CCCCN1C(=O)SC(=Cc2ccc(O)c(Br)c2)C1=O. The van der Waals surface area contributed by atoms with Crippen LogP contribution >= 0.6 is 27.7 Å². The van der Waals surface area contributed by atoms with Gasteiger partial charge in [-0.15, -0.1) is 0 Å². The van der Waals surface area contributed by atoms with E-state index in [1.165, 1.54) is 6.07 Å². The molecule has 1 fully saturated rings. The summed E-state index contributed by atoms with van der Waals surface area (Å²) in [6.07, 6.45) is 2.40. The molecule has 1 heterocycles.